The van der Waals surface area contributed by atoms with Gasteiger partial charge >= 0.3 is 0 Å². The molecule has 0 aliphatic carbocycles. The van der Waals surface area contributed by atoms with Crippen LogP contribution in [0.5, 0.6) is 0 Å². The lowest BCUT2D eigenvalue weighted by Gasteiger charge is -2.42. The lowest BCUT2D eigenvalue weighted by atomic mass is 9.95. The molecule has 2 aromatic rings. The molecule has 28 heavy (non-hydrogen) atoms. The fourth-order valence-corrected chi connectivity index (χ4v) is 3.74. The molecule has 0 saturated carbocycles. The van der Waals surface area contributed by atoms with Gasteiger partial charge in [0, 0.05) is 32.3 Å². The Bertz CT molecular complexity index is 869. The fourth-order valence-electron chi connectivity index (χ4n) is 3.74. The first-order valence-corrected chi connectivity index (χ1v) is 9.50. The monoisotopic (exact) mass is 377 g/mol. The molecule has 6 nitrogen and oxygen atoms in total. The van der Waals surface area contributed by atoms with Crippen LogP contribution in [0.4, 0.5) is 0 Å². The van der Waals surface area contributed by atoms with Crippen molar-refractivity contribution in [1.29, 1.82) is 0 Å². The van der Waals surface area contributed by atoms with E-state index < -0.39 is 5.60 Å². The Kier molecular flexibility index (Phi) is 5.21. The predicted octanol–water partition coefficient (Wildman–Crippen LogP) is 2.28. The topological polar surface area (TPSA) is 62.7 Å². The van der Waals surface area contributed by atoms with Crippen LogP contribution in [0.1, 0.15) is 22.5 Å². The molecule has 2 aliphatic heterocycles. The van der Waals surface area contributed by atoms with E-state index in [1.807, 2.05) is 42.5 Å². The number of carbonyl (C=O) groups excluding carboxylic acids is 2. The van der Waals surface area contributed by atoms with Crippen molar-refractivity contribution in [2.24, 2.45) is 0 Å². The third-order valence-corrected chi connectivity index (χ3v) is 5.19. The molecule has 2 aliphatic rings. The maximum Gasteiger partial charge on any atom is 0.272 e. The summed E-state index contributed by atoms with van der Waals surface area (Å²) in [5.74, 6) is -0.237. The van der Waals surface area contributed by atoms with Gasteiger partial charge in [0.2, 0.25) is 0 Å². The number of morpholine rings is 1. The number of carbonyl (C=O) groups is 2. The predicted molar refractivity (Wildman–Crippen MR) is 104 cm³/mol. The number of rotatable bonds is 3. The van der Waals surface area contributed by atoms with Crippen molar-refractivity contribution in [1.82, 2.24) is 14.8 Å². The van der Waals surface area contributed by atoms with E-state index in [4.69, 9.17) is 4.74 Å². The molecule has 0 N–H and O–H groups in total. The van der Waals surface area contributed by atoms with Gasteiger partial charge in [-0.15, -0.1) is 0 Å². The van der Waals surface area contributed by atoms with Crippen LogP contribution in [0.3, 0.4) is 0 Å². The summed E-state index contributed by atoms with van der Waals surface area (Å²) in [5, 5.41) is 0. The van der Waals surface area contributed by atoms with E-state index in [2.05, 4.69) is 4.98 Å². The van der Waals surface area contributed by atoms with Gasteiger partial charge in [0.05, 0.1) is 13.2 Å². The Morgan fingerprint density at radius 1 is 1.11 bits per heavy atom. The third-order valence-electron chi connectivity index (χ3n) is 5.19. The van der Waals surface area contributed by atoms with Gasteiger partial charge in [-0.3, -0.25) is 14.6 Å². The van der Waals surface area contributed by atoms with Crippen LogP contribution in [-0.2, 0) is 16.1 Å². The van der Waals surface area contributed by atoms with E-state index in [0.717, 1.165) is 5.56 Å². The minimum Gasteiger partial charge on any atom is -0.361 e. The molecule has 0 radical (unpaired) electrons. The average Bonchev–Trinajstić information content (AvgIpc) is 2.89. The Labute approximate surface area is 164 Å². The summed E-state index contributed by atoms with van der Waals surface area (Å²) < 4.78 is 6.03. The standard InChI is InChI=1S/C22H23N3O3/c26-20(19-10-4-6-12-23-19)25-14-15-28-22(17-25)11-5-7-13-24(21(22)27)16-18-8-2-1-3-9-18/h1-10,12H,11,13-17H2. The summed E-state index contributed by atoms with van der Waals surface area (Å²) >= 11 is 0. The fraction of sp³-hybridized carbons (Fsp3) is 0.318. The van der Waals surface area contributed by atoms with Crippen LogP contribution in [0.15, 0.2) is 66.9 Å². The molecule has 4 rings (SSSR count). The first-order valence-electron chi connectivity index (χ1n) is 9.50. The molecular formula is C22H23N3O3. The highest BCUT2D eigenvalue weighted by molar-refractivity contribution is 5.94. The average molecular weight is 377 g/mol. The summed E-state index contributed by atoms with van der Waals surface area (Å²) in [6.07, 6.45) is 6.05. The third kappa shape index (κ3) is 3.68. The zero-order valence-electron chi connectivity index (χ0n) is 15.7. The Morgan fingerprint density at radius 3 is 2.71 bits per heavy atom. The van der Waals surface area contributed by atoms with E-state index in [1.54, 1.807) is 34.2 Å². The summed E-state index contributed by atoms with van der Waals surface area (Å²) in [6.45, 7) is 2.07. The van der Waals surface area contributed by atoms with Crippen molar-refractivity contribution in [3.05, 3.63) is 78.1 Å². The number of hydrogen-bond donors (Lipinski definition) is 0. The number of amides is 2. The molecule has 3 heterocycles. The molecule has 1 spiro atoms. The van der Waals surface area contributed by atoms with Crippen LogP contribution >= 0.6 is 0 Å². The van der Waals surface area contributed by atoms with Gasteiger partial charge in [-0.05, 0) is 17.7 Å². The maximum atomic E-state index is 13.4. The molecule has 1 aromatic heterocycles. The number of pyridine rings is 1. The van der Waals surface area contributed by atoms with Crippen molar-refractivity contribution < 1.29 is 14.3 Å². The lowest BCUT2D eigenvalue weighted by Crippen LogP contribution is -2.60. The summed E-state index contributed by atoms with van der Waals surface area (Å²) in [5.41, 5.74) is 0.417. The second kappa shape index (κ2) is 7.94. The van der Waals surface area contributed by atoms with E-state index in [1.165, 1.54) is 0 Å². The molecule has 1 saturated heterocycles. The van der Waals surface area contributed by atoms with Crippen molar-refractivity contribution in [2.75, 3.05) is 26.2 Å². The largest absolute Gasteiger partial charge is 0.361 e. The van der Waals surface area contributed by atoms with Gasteiger partial charge in [0.1, 0.15) is 5.69 Å². The van der Waals surface area contributed by atoms with Gasteiger partial charge in [-0.1, -0.05) is 48.6 Å². The van der Waals surface area contributed by atoms with Crippen LogP contribution in [0, 0.1) is 0 Å². The minimum absolute atomic E-state index is 0.0696. The first kappa shape index (κ1) is 18.4. The van der Waals surface area contributed by atoms with Crippen molar-refractivity contribution in [2.45, 2.75) is 18.6 Å². The second-order valence-corrected chi connectivity index (χ2v) is 7.13. The molecule has 1 atom stereocenters. The quantitative estimate of drug-likeness (QED) is 0.770. The van der Waals surface area contributed by atoms with Gasteiger partial charge in [-0.2, -0.15) is 0 Å². The zero-order valence-corrected chi connectivity index (χ0v) is 15.7. The highest BCUT2D eigenvalue weighted by Crippen LogP contribution is 2.29. The molecule has 0 bridgehead atoms. The summed E-state index contributed by atoms with van der Waals surface area (Å²) in [6, 6.07) is 15.2. The van der Waals surface area contributed by atoms with Crippen LogP contribution in [0.25, 0.3) is 0 Å². The molecule has 1 unspecified atom stereocenters. The summed E-state index contributed by atoms with van der Waals surface area (Å²) in [4.78, 5) is 33.9. The van der Waals surface area contributed by atoms with Gasteiger partial charge in [0.25, 0.3) is 11.8 Å². The molecule has 6 heteroatoms. The molecule has 144 valence electrons. The van der Waals surface area contributed by atoms with E-state index in [9.17, 15) is 9.59 Å². The van der Waals surface area contributed by atoms with Gasteiger partial charge < -0.3 is 14.5 Å². The van der Waals surface area contributed by atoms with Crippen LogP contribution < -0.4 is 0 Å². The first-order chi connectivity index (χ1) is 13.7. The number of aromatic nitrogens is 1. The highest BCUT2D eigenvalue weighted by Gasteiger charge is 2.47. The molecule has 2 amide bonds. The Hall–Kier alpha value is -2.99. The van der Waals surface area contributed by atoms with Crippen molar-refractivity contribution in [3.8, 4) is 0 Å². The highest BCUT2D eigenvalue weighted by atomic mass is 16.5. The number of benzene rings is 1. The minimum atomic E-state index is -1.04. The van der Waals surface area contributed by atoms with E-state index in [0.29, 0.717) is 38.4 Å². The number of nitrogens with zero attached hydrogens (tertiary/aromatic N) is 3. The maximum absolute atomic E-state index is 13.4. The zero-order chi connectivity index (χ0) is 19.4. The van der Waals surface area contributed by atoms with Crippen LogP contribution in [0.2, 0.25) is 0 Å². The van der Waals surface area contributed by atoms with Gasteiger partial charge in [-0.25, -0.2) is 0 Å². The molecule has 1 fully saturated rings. The van der Waals surface area contributed by atoms with Crippen molar-refractivity contribution >= 4 is 11.8 Å². The Balaban J connectivity index is 1.55. The summed E-state index contributed by atoms with van der Waals surface area (Å²) in [7, 11) is 0. The number of ether oxygens (including phenoxy) is 1. The lowest BCUT2D eigenvalue weighted by molar-refractivity contribution is -0.167. The normalized spacial score (nSPS) is 22.4. The van der Waals surface area contributed by atoms with E-state index >= 15 is 0 Å². The van der Waals surface area contributed by atoms with E-state index in [-0.39, 0.29) is 18.4 Å². The SMILES string of the molecule is O=C(c1ccccn1)N1CCOC2(CC=CCN(Cc3ccccc3)C2=O)C1. The van der Waals surface area contributed by atoms with Crippen molar-refractivity contribution in [3.63, 3.8) is 0 Å². The molecular weight excluding hydrogens is 354 g/mol. The molecule has 1 aromatic carbocycles. The van der Waals surface area contributed by atoms with Gasteiger partial charge in [0.15, 0.2) is 5.60 Å². The smallest absolute Gasteiger partial charge is 0.272 e. The Morgan fingerprint density at radius 2 is 1.93 bits per heavy atom. The number of hydrogen-bond acceptors (Lipinski definition) is 4. The second-order valence-electron chi connectivity index (χ2n) is 7.13. The van der Waals surface area contributed by atoms with Crippen LogP contribution in [-0.4, -0.2) is 58.4 Å².